The van der Waals surface area contributed by atoms with Crippen molar-refractivity contribution in [1.82, 2.24) is 19.2 Å². The third-order valence-electron chi connectivity index (χ3n) is 5.20. The lowest BCUT2D eigenvalue weighted by Gasteiger charge is -2.10. The number of hydrogen-bond donors (Lipinski definition) is 2. The second kappa shape index (κ2) is 6.31. The van der Waals surface area contributed by atoms with Crippen molar-refractivity contribution in [2.24, 2.45) is 7.05 Å². The molecule has 0 spiro atoms. The van der Waals surface area contributed by atoms with E-state index in [9.17, 15) is 9.90 Å². The number of hydrogen-bond acceptors (Lipinski definition) is 5. The number of nitrogens with zero attached hydrogens (tertiary/aromatic N) is 4. The molecular weight excluding hydrogens is 354 g/mol. The zero-order valence-electron chi connectivity index (χ0n) is 15.4. The summed E-state index contributed by atoms with van der Waals surface area (Å²) in [6.45, 7) is -0.0716. The summed E-state index contributed by atoms with van der Waals surface area (Å²) in [6.07, 6.45) is 6.74. The zero-order chi connectivity index (χ0) is 19.3. The molecule has 0 saturated carbocycles. The van der Waals surface area contributed by atoms with Gasteiger partial charge in [0, 0.05) is 50.1 Å². The number of pyridine rings is 1. The molecule has 1 aromatic carbocycles. The summed E-state index contributed by atoms with van der Waals surface area (Å²) in [5, 5.41) is 17.1. The summed E-state index contributed by atoms with van der Waals surface area (Å²) < 4.78 is 3.61. The second-order valence-corrected chi connectivity index (χ2v) is 7.10. The third-order valence-corrected chi connectivity index (χ3v) is 5.20. The molecule has 7 nitrogen and oxygen atoms in total. The summed E-state index contributed by atoms with van der Waals surface area (Å²) in [5.41, 5.74) is 6.65. The van der Waals surface area contributed by atoms with E-state index >= 15 is 0 Å². The molecule has 3 heterocycles. The average Bonchev–Trinajstić information content (AvgIpc) is 3.38. The van der Waals surface area contributed by atoms with Gasteiger partial charge in [-0.15, -0.1) is 0 Å². The van der Waals surface area contributed by atoms with Crippen LogP contribution in [0.5, 0.6) is 0 Å². The van der Waals surface area contributed by atoms with Crippen LogP contribution in [0, 0.1) is 0 Å². The lowest BCUT2D eigenvalue weighted by atomic mass is 10.0. The Morgan fingerprint density at radius 3 is 2.82 bits per heavy atom. The van der Waals surface area contributed by atoms with Crippen LogP contribution in [-0.4, -0.2) is 30.1 Å². The first-order chi connectivity index (χ1) is 13.6. The normalized spacial score (nSPS) is 13.3. The van der Waals surface area contributed by atoms with E-state index in [0.717, 1.165) is 39.3 Å². The number of fused-ring (bicyclic) bond motifs is 2. The first-order valence-electron chi connectivity index (χ1n) is 9.12. The van der Waals surface area contributed by atoms with Gasteiger partial charge < -0.3 is 14.8 Å². The van der Waals surface area contributed by atoms with Crippen molar-refractivity contribution < 1.29 is 9.90 Å². The first kappa shape index (κ1) is 16.7. The van der Waals surface area contributed by atoms with Gasteiger partial charge in [-0.3, -0.25) is 9.48 Å². The minimum absolute atomic E-state index is 0.0716. The number of aromatic nitrogens is 4. The van der Waals surface area contributed by atoms with E-state index in [1.165, 1.54) is 0 Å². The van der Waals surface area contributed by atoms with Crippen LogP contribution >= 0.6 is 0 Å². The standard InChI is InChI=1S/C21H19N5O2/c1-25-17(12-27)10-20(24-25)23-19-9-16(11-26-5-4-22-21(19)26)13-2-3-14-7-18(28)8-15(14)6-13/h2-6,9-11,27H,7-8,12H2,1H3,(H,23,24). The summed E-state index contributed by atoms with van der Waals surface area (Å²) in [7, 11) is 1.80. The van der Waals surface area contributed by atoms with Crippen LogP contribution in [0.2, 0.25) is 0 Å². The van der Waals surface area contributed by atoms with Crippen molar-refractivity contribution in [1.29, 1.82) is 0 Å². The van der Waals surface area contributed by atoms with Gasteiger partial charge in [-0.1, -0.05) is 18.2 Å². The predicted octanol–water partition coefficient (Wildman–Crippen LogP) is 2.64. The molecule has 5 rings (SSSR count). The van der Waals surface area contributed by atoms with E-state index in [2.05, 4.69) is 27.5 Å². The molecule has 1 aliphatic carbocycles. The SMILES string of the molecule is Cn1nc(Nc2cc(-c3ccc4c(c3)CC(=O)C4)cn3ccnc23)cc1CO. The maximum atomic E-state index is 11.8. The molecule has 0 fully saturated rings. The Bertz CT molecular complexity index is 1220. The monoisotopic (exact) mass is 373 g/mol. The minimum Gasteiger partial charge on any atom is -0.390 e. The summed E-state index contributed by atoms with van der Waals surface area (Å²) in [4.78, 5) is 16.2. The van der Waals surface area contributed by atoms with Gasteiger partial charge in [0.1, 0.15) is 5.78 Å². The van der Waals surface area contributed by atoms with Gasteiger partial charge in [0.2, 0.25) is 0 Å². The quantitative estimate of drug-likeness (QED) is 0.574. The lowest BCUT2D eigenvalue weighted by Crippen LogP contribution is -1.99. The molecule has 0 aliphatic heterocycles. The fourth-order valence-corrected chi connectivity index (χ4v) is 3.77. The van der Waals surface area contributed by atoms with Crippen LogP contribution < -0.4 is 5.32 Å². The number of ketones is 1. The number of anilines is 2. The van der Waals surface area contributed by atoms with E-state index in [4.69, 9.17) is 0 Å². The maximum absolute atomic E-state index is 11.8. The van der Waals surface area contributed by atoms with Crippen molar-refractivity contribution in [3.8, 4) is 11.1 Å². The van der Waals surface area contributed by atoms with E-state index in [1.807, 2.05) is 35.0 Å². The predicted molar refractivity (Wildman–Crippen MR) is 105 cm³/mol. The molecule has 0 bridgehead atoms. The van der Waals surface area contributed by atoms with E-state index in [-0.39, 0.29) is 12.4 Å². The number of aliphatic hydroxyl groups excluding tert-OH is 1. The molecule has 3 aromatic heterocycles. The molecule has 0 atom stereocenters. The van der Waals surface area contributed by atoms with Gasteiger partial charge in [-0.2, -0.15) is 5.10 Å². The van der Waals surface area contributed by atoms with Gasteiger partial charge in [-0.05, 0) is 22.8 Å². The highest BCUT2D eigenvalue weighted by Gasteiger charge is 2.19. The van der Waals surface area contributed by atoms with Crippen molar-refractivity contribution in [2.75, 3.05) is 5.32 Å². The van der Waals surface area contributed by atoms with E-state index in [1.54, 1.807) is 17.9 Å². The Kier molecular flexibility index (Phi) is 3.77. The molecule has 7 heteroatoms. The van der Waals surface area contributed by atoms with Crippen LogP contribution in [-0.2, 0) is 31.3 Å². The summed E-state index contributed by atoms with van der Waals surface area (Å²) >= 11 is 0. The van der Waals surface area contributed by atoms with Crippen molar-refractivity contribution in [3.63, 3.8) is 0 Å². The summed E-state index contributed by atoms with van der Waals surface area (Å²) in [5.74, 6) is 0.919. The number of nitrogens with one attached hydrogen (secondary N) is 1. The van der Waals surface area contributed by atoms with Gasteiger partial charge in [0.05, 0.1) is 18.0 Å². The number of aryl methyl sites for hydroxylation is 1. The number of benzene rings is 1. The van der Waals surface area contributed by atoms with Crippen LogP contribution in [0.15, 0.2) is 48.9 Å². The van der Waals surface area contributed by atoms with E-state index in [0.29, 0.717) is 18.7 Å². The number of Topliss-reactive ketones (excluding diaryl/α,β-unsaturated/α-hetero) is 1. The highest BCUT2D eigenvalue weighted by molar-refractivity contribution is 5.89. The largest absolute Gasteiger partial charge is 0.390 e. The Morgan fingerprint density at radius 2 is 2.00 bits per heavy atom. The van der Waals surface area contributed by atoms with Gasteiger partial charge in [0.15, 0.2) is 11.5 Å². The molecule has 1 aliphatic rings. The average molecular weight is 373 g/mol. The van der Waals surface area contributed by atoms with Crippen LogP contribution in [0.4, 0.5) is 11.5 Å². The summed E-state index contributed by atoms with van der Waals surface area (Å²) in [6, 6.07) is 10.1. The molecule has 2 N–H and O–H groups in total. The Balaban J connectivity index is 1.58. The Morgan fingerprint density at radius 1 is 1.14 bits per heavy atom. The molecule has 28 heavy (non-hydrogen) atoms. The third kappa shape index (κ3) is 2.76. The smallest absolute Gasteiger partial charge is 0.160 e. The van der Waals surface area contributed by atoms with Crippen molar-refractivity contribution in [2.45, 2.75) is 19.4 Å². The first-order valence-corrected chi connectivity index (χ1v) is 9.12. The van der Waals surface area contributed by atoms with Crippen LogP contribution in [0.1, 0.15) is 16.8 Å². The minimum atomic E-state index is -0.0716. The van der Waals surface area contributed by atoms with Crippen molar-refractivity contribution >= 4 is 22.9 Å². The number of imidazole rings is 1. The fourth-order valence-electron chi connectivity index (χ4n) is 3.77. The van der Waals surface area contributed by atoms with E-state index < -0.39 is 0 Å². The second-order valence-electron chi connectivity index (χ2n) is 7.10. The highest BCUT2D eigenvalue weighted by atomic mass is 16.3. The van der Waals surface area contributed by atoms with Gasteiger partial charge in [-0.25, -0.2) is 4.98 Å². The lowest BCUT2D eigenvalue weighted by molar-refractivity contribution is -0.117. The molecule has 0 saturated heterocycles. The number of rotatable bonds is 4. The Labute approximate surface area is 161 Å². The number of carbonyl (C=O) groups is 1. The van der Waals surface area contributed by atoms with Gasteiger partial charge >= 0.3 is 0 Å². The number of aliphatic hydroxyl groups is 1. The molecular formula is C21H19N5O2. The Hall–Kier alpha value is -3.45. The zero-order valence-corrected chi connectivity index (χ0v) is 15.4. The molecule has 0 unspecified atom stereocenters. The maximum Gasteiger partial charge on any atom is 0.160 e. The number of carbonyl (C=O) groups excluding carboxylic acids is 1. The van der Waals surface area contributed by atoms with Crippen LogP contribution in [0.3, 0.4) is 0 Å². The van der Waals surface area contributed by atoms with Crippen molar-refractivity contribution in [3.05, 3.63) is 65.7 Å². The van der Waals surface area contributed by atoms with Crippen LogP contribution in [0.25, 0.3) is 16.8 Å². The highest BCUT2D eigenvalue weighted by Crippen LogP contribution is 2.31. The molecule has 4 aromatic rings. The topological polar surface area (TPSA) is 84.5 Å². The molecule has 0 amide bonds. The fraction of sp³-hybridized carbons (Fsp3) is 0.190. The van der Waals surface area contributed by atoms with Gasteiger partial charge in [0.25, 0.3) is 0 Å². The molecule has 0 radical (unpaired) electrons. The molecule has 140 valence electrons.